The summed E-state index contributed by atoms with van der Waals surface area (Å²) in [5, 5.41) is 0. The average molecular weight is 505 g/mol. The van der Waals surface area contributed by atoms with E-state index < -0.39 is 23.2 Å². The molecule has 0 aliphatic heterocycles. The summed E-state index contributed by atoms with van der Waals surface area (Å²) in [6.07, 6.45) is 10.5. The van der Waals surface area contributed by atoms with Crippen LogP contribution < -0.4 is 24.8 Å². The minimum Gasteiger partial charge on any atom is -1.00 e. The van der Waals surface area contributed by atoms with E-state index in [1.807, 2.05) is 85.0 Å². The fraction of sp³-hybridized carbons (Fsp3) is 0. The Morgan fingerprint density at radius 2 is 0.931 bits per heavy atom. The van der Waals surface area contributed by atoms with Gasteiger partial charge < -0.3 is 24.8 Å². The van der Waals surface area contributed by atoms with Crippen molar-refractivity contribution in [3.8, 4) is 0 Å². The van der Waals surface area contributed by atoms with Gasteiger partial charge in [0, 0.05) is 0 Å². The van der Waals surface area contributed by atoms with Crippen LogP contribution in [0.2, 0.25) is 0 Å². The van der Waals surface area contributed by atoms with Crippen LogP contribution in [0.15, 0.2) is 114 Å². The van der Waals surface area contributed by atoms with Crippen molar-refractivity contribution in [3.05, 3.63) is 125 Å². The smallest absolute Gasteiger partial charge is 1.00 e. The summed E-state index contributed by atoms with van der Waals surface area (Å²) in [6, 6.07) is 19.4. The molecule has 0 heterocycles. The van der Waals surface area contributed by atoms with Crippen LogP contribution in [0.3, 0.4) is 0 Å². The molecule has 0 saturated heterocycles. The van der Waals surface area contributed by atoms with Crippen LogP contribution in [0.5, 0.6) is 0 Å². The molecule has 144 valence electrons. The van der Waals surface area contributed by atoms with E-state index in [2.05, 4.69) is 0 Å². The molecule has 0 aromatic heterocycles. The third-order valence-corrected chi connectivity index (χ3v) is 7.85. The molecular weight excluding hydrogens is 488 g/mol. The number of rotatable bonds is 4. The Balaban J connectivity index is 0.00000150. The fourth-order valence-corrected chi connectivity index (χ4v) is 6.15. The monoisotopic (exact) mass is 502 g/mol. The average Bonchev–Trinajstić information content (AvgIpc) is 3.21. The van der Waals surface area contributed by atoms with Crippen molar-refractivity contribution in [3.63, 3.8) is 0 Å². The molecule has 2 aromatic rings. The van der Waals surface area contributed by atoms with Crippen LogP contribution in [-0.2, 0) is 23.2 Å². The van der Waals surface area contributed by atoms with Crippen LogP contribution >= 0.6 is 0 Å². The molecule has 0 radical (unpaired) electrons. The molecule has 0 N–H and O–H groups in total. The maximum absolute atomic E-state index is 14.4. The summed E-state index contributed by atoms with van der Waals surface area (Å²) >= 11 is -1.36. The standard InChI is InChI=1S/2C12H8F.2ClH.Zr/c2*13-12-8-4-7-11(12)9-10-5-2-1-3-6-10;;;/h2*1-6,8-9H;2*1H;/q;;;;+2/p-2. The molecule has 2 aliphatic carbocycles. The van der Waals surface area contributed by atoms with Crippen molar-refractivity contribution in [2.24, 2.45) is 0 Å². The zero-order valence-corrected chi connectivity index (χ0v) is 19.2. The van der Waals surface area contributed by atoms with Crippen molar-refractivity contribution in [2.75, 3.05) is 0 Å². The Labute approximate surface area is 193 Å². The number of hydrogen-bond donors (Lipinski definition) is 0. The largest absolute Gasteiger partial charge is 1.00 e. The van der Waals surface area contributed by atoms with Crippen LogP contribution in [0.1, 0.15) is 11.1 Å². The molecule has 5 heteroatoms. The number of hydrogen-bond acceptors (Lipinski definition) is 0. The van der Waals surface area contributed by atoms with Crippen molar-refractivity contribution in [1.82, 2.24) is 0 Å². The van der Waals surface area contributed by atoms with E-state index in [-0.39, 0.29) is 36.5 Å². The van der Waals surface area contributed by atoms with Gasteiger partial charge in [0.25, 0.3) is 0 Å². The molecule has 2 aromatic carbocycles. The Morgan fingerprint density at radius 3 is 1.31 bits per heavy atom. The quantitative estimate of drug-likeness (QED) is 0.577. The normalized spacial score (nSPS) is 17.6. The third kappa shape index (κ3) is 5.63. The maximum Gasteiger partial charge on any atom is -1.00 e. The van der Waals surface area contributed by atoms with E-state index in [0.29, 0.717) is 11.1 Å². The predicted octanol–water partition coefficient (Wildman–Crippen LogP) is 0.746. The van der Waals surface area contributed by atoms with Crippen LogP contribution in [0.25, 0.3) is 12.2 Å². The second kappa shape index (κ2) is 10.8. The summed E-state index contributed by atoms with van der Waals surface area (Å²) < 4.78 is 30.8. The second-order valence-electron chi connectivity index (χ2n) is 6.25. The van der Waals surface area contributed by atoms with Gasteiger partial charge in [0.1, 0.15) is 0 Å². The molecule has 0 spiro atoms. The van der Waals surface area contributed by atoms with E-state index in [1.165, 1.54) is 12.2 Å². The van der Waals surface area contributed by atoms with Gasteiger partial charge in [-0.1, -0.05) is 0 Å². The molecular formula is C24H16Cl2F2Zr. The fourth-order valence-electron chi connectivity index (χ4n) is 3.02. The summed E-state index contributed by atoms with van der Waals surface area (Å²) in [5.41, 5.74) is 3.21. The predicted molar refractivity (Wildman–Crippen MR) is 103 cm³/mol. The van der Waals surface area contributed by atoms with Crippen LogP contribution in [-0.4, -0.2) is 0 Å². The molecule has 0 nitrogen and oxygen atoms in total. The molecule has 2 aliphatic rings. The van der Waals surface area contributed by atoms with E-state index >= 15 is 0 Å². The van der Waals surface area contributed by atoms with Crippen molar-refractivity contribution < 1.29 is 56.8 Å². The van der Waals surface area contributed by atoms with E-state index in [4.69, 9.17) is 0 Å². The molecule has 0 fully saturated rings. The summed E-state index contributed by atoms with van der Waals surface area (Å²) in [5.74, 6) is -0.425. The minimum absolute atomic E-state index is 0. The van der Waals surface area contributed by atoms with Gasteiger partial charge >= 0.3 is 170 Å². The first kappa shape index (κ1) is 23.5. The zero-order valence-electron chi connectivity index (χ0n) is 15.2. The molecule has 0 bridgehead atoms. The van der Waals surface area contributed by atoms with Crippen LogP contribution in [0.4, 0.5) is 8.78 Å². The van der Waals surface area contributed by atoms with Gasteiger partial charge in [-0.15, -0.1) is 0 Å². The maximum atomic E-state index is 14.4. The van der Waals surface area contributed by atoms with Crippen molar-refractivity contribution >= 4 is 12.2 Å². The zero-order chi connectivity index (χ0) is 18.6. The SMILES string of the molecule is FC1=CC=[C]([Zr+2][C]2=CC=C(F)C2=Cc2ccccc2)C1=Cc1ccccc1.[Cl-].[Cl-]. The molecule has 0 atom stereocenters. The molecule has 0 amide bonds. The summed E-state index contributed by atoms with van der Waals surface area (Å²) in [7, 11) is 0. The van der Waals surface area contributed by atoms with Crippen molar-refractivity contribution in [1.29, 1.82) is 0 Å². The van der Waals surface area contributed by atoms with Gasteiger partial charge in [-0.25, -0.2) is 0 Å². The van der Waals surface area contributed by atoms with Gasteiger partial charge in [-0.05, 0) is 0 Å². The van der Waals surface area contributed by atoms with E-state index in [9.17, 15) is 8.78 Å². The number of halogens is 4. The summed E-state index contributed by atoms with van der Waals surface area (Å²) in [6.45, 7) is 0. The van der Waals surface area contributed by atoms with Gasteiger partial charge in [0.15, 0.2) is 0 Å². The second-order valence-corrected chi connectivity index (χ2v) is 9.51. The molecule has 0 saturated carbocycles. The van der Waals surface area contributed by atoms with Gasteiger partial charge in [0.2, 0.25) is 0 Å². The minimum atomic E-state index is -1.36. The first-order valence-corrected chi connectivity index (χ1v) is 11.1. The summed E-state index contributed by atoms with van der Waals surface area (Å²) in [4.78, 5) is 0. The molecule has 0 unspecified atom stereocenters. The van der Waals surface area contributed by atoms with Crippen LogP contribution in [0, 0.1) is 0 Å². The third-order valence-electron chi connectivity index (χ3n) is 4.38. The topological polar surface area (TPSA) is 0 Å². The first-order chi connectivity index (χ1) is 13.2. The molecule has 4 rings (SSSR count). The first-order valence-electron chi connectivity index (χ1n) is 8.68. The van der Waals surface area contributed by atoms with Crippen molar-refractivity contribution in [2.45, 2.75) is 0 Å². The number of benzene rings is 2. The number of allylic oxidation sites excluding steroid dienone is 10. The Morgan fingerprint density at radius 1 is 0.552 bits per heavy atom. The molecule has 29 heavy (non-hydrogen) atoms. The van der Waals surface area contributed by atoms with E-state index in [1.54, 1.807) is 0 Å². The van der Waals surface area contributed by atoms with Gasteiger partial charge in [0.05, 0.1) is 0 Å². The van der Waals surface area contributed by atoms with E-state index in [0.717, 1.165) is 17.7 Å². The Kier molecular flexibility index (Phi) is 8.77. The van der Waals surface area contributed by atoms with Gasteiger partial charge in [-0.3, -0.25) is 0 Å². The van der Waals surface area contributed by atoms with Gasteiger partial charge in [-0.2, -0.15) is 0 Å². The Hall–Kier alpha value is -1.80. The Bertz CT molecular complexity index is 961.